The second-order valence-electron chi connectivity index (χ2n) is 5.30. The van der Waals surface area contributed by atoms with Gasteiger partial charge in [0.2, 0.25) is 5.95 Å². The molecule has 0 atom stereocenters. The van der Waals surface area contributed by atoms with E-state index in [9.17, 15) is 13.2 Å². The standard InChI is InChI=1S/C17H13ClF3N5O/c1-27-14-7-6-10(18)8-13(14)24-16-25-15(9-22-26-16)23-12-5-3-2-4-11(12)17(19,20)21/h2-9H,1H3,(H2,23,24,25,26). The number of rotatable bonds is 5. The SMILES string of the molecule is COc1ccc(Cl)cc1Nc1nncc(Nc2ccccc2C(F)(F)F)n1. The number of aromatic nitrogens is 3. The van der Waals surface area contributed by atoms with Gasteiger partial charge in [-0.2, -0.15) is 23.3 Å². The fourth-order valence-electron chi connectivity index (χ4n) is 2.29. The van der Waals surface area contributed by atoms with E-state index in [2.05, 4.69) is 25.8 Å². The summed E-state index contributed by atoms with van der Waals surface area (Å²) < 4.78 is 44.5. The van der Waals surface area contributed by atoms with E-state index in [0.29, 0.717) is 16.5 Å². The molecule has 3 aromatic rings. The number of hydrogen-bond acceptors (Lipinski definition) is 6. The molecule has 0 bridgehead atoms. The lowest BCUT2D eigenvalue weighted by Crippen LogP contribution is -2.09. The summed E-state index contributed by atoms with van der Waals surface area (Å²) in [6.45, 7) is 0. The van der Waals surface area contributed by atoms with Crippen LogP contribution >= 0.6 is 11.6 Å². The number of hydrogen-bond donors (Lipinski definition) is 2. The van der Waals surface area contributed by atoms with Gasteiger partial charge in [0.1, 0.15) is 5.75 Å². The van der Waals surface area contributed by atoms with Gasteiger partial charge >= 0.3 is 6.18 Å². The zero-order valence-electron chi connectivity index (χ0n) is 13.9. The number of nitrogens with zero attached hydrogens (tertiary/aromatic N) is 3. The highest BCUT2D eigenvalue weighted by Gasteiger charge is 2.33. The quantitative estimate of drug-likeness (QED) is 0.630. The average Bonchev–Trinajstić information content (AvgIpc) is 2.62. The van der Waals surface area contributed by atoms with Gasteiger partial charge in [0.15, 0.2) is 5.82 Å². The van der Waals surface area contributed by atoms with E-state index in [-0.39, 0.29) is 17.5 Å². The van der Waals surface area contributed by atoms with Crippen molar-refractivity contribution in [1.82, 2.24) is 15.2 Å². The van der Waals surface area contributed by atoms with E-state index < -0.39 is 11.7 Å². The first kappa shape index (κ1) is 18.7. The maximum atomic E-state index is 13.1. The molecule has 1 aromatic heterocycles. The van der Waals surface area contributed by atoms with E-state index in [4.69, 9.17) is 16.3 Å². The molecule has 2 N–H and O–H groups in total. The van der Waals surface area contributed by atoms with Crippen molar-refractivity contribution in [2.24, 2.45) is 0 Å². The van der Waals surface area contributed by atoms with Crippen LogP contribution in [0.2, 0.25) is 5.02 Å². The molecule has 0 radical (unpaired) electrons. The normalized spacial score (nSPS) is 11.1. The Labute approximate surface area is 157 Å². The first-order valence-electron chi connectivity index (χ1n) is 7.60. The summed E-state index contributed by atoms with van der Waals surface area (Å²) in [5.74, 6) is 0.638. The van der Waals surface area contributed by atoms with Crippen LogP contribution in [0.25, 0.3) is 0 Å². The minimum absolute atomic E-state index is 0.0602. The molecule has 0 aliphatic heterocycles. The van der Waals surface area contributed by atoms with Crippen molar-refractivity contribution in [3.8, 4) is 5.75 Å². The van der Waals surface area contributed by atoms with E-state index in [1.807, 2.05) is 0 Å². The first-order chi connectivity index (χ1) is 12.9. The first-order valence-corrected chi connectivity index (χ1v) is 7.98. The molecule has 27 heavy (non-hydrogen) atoms. The third-order valence-corrected chi connectivity index (χ3v) is 3.70. The Balaban J connectivity index is 1.87. The summed E-state index contributed by atoms with van der Waals surface area (Å²) in [6.07, 6.45) is -3.28. The van der Waals surface area contributed by atoms with Gasteiger partial charge in [-0.3, -0.25) is 0 Å². The molecule has 3 rings (SSSR count). The molecular formula is C17H13ClF3N5O. The highest BCUT2D eigenvalue weighted by atomic mass is 35.5. The van der Waals surface area contributed by atoms with Crippen LogP contribution in [0.15, 0.2) is 48.7 Å². The second kappa shape index (κ2) is 7.67. The van der Waals surface area contributed by atoms with Crippen LogP contribution in [0.1, 0.15) is 5.56 Å². The van der Waals surface area contributed by atoms with E-state index >= 15 is 0 Å². The zero-order valence-corrected chi connectivity index (χ0v) is 14.6. The minimum atomic E-state index is -4.50. The summed E-state index contributed by atoms with van der Waals surface area (Å²) in [7, 11) is 1.49. The molecule has 0 saturated carbocycles. The molecule has 0 amide bonds. The Morgan fingerprint density at radius 3 is 2.56 bits per heavy atom. The van der Waals surface area contributed by atoms with Crippen LogP contribution in [0.5, 0.6) is 5.75 Å². The van der Waals surface area contributed by atoms with Crippen molar-refractivity contribution < 1.29 is 17.9 Å². The lowest BCUT2D eigenvalue weighted by atomic mass is 10.1. The molecule has 10 heteroatoms. The van der Waals surface area contributed by atoms with Crippen molar-refractivity contribution >= 4 is 34.7 Å². The lowest BCUT2D eigenvalue weighted by Gasteiger charge is -2.14. The zero-order chi connectivity index (χ0) is 19.4. The van der Waals surface area contributed by atoms with Crippen LogP contribution < -0.4 is 15.4 Å². The third-order valence-electron chi connectivity index (χ3n) is 3.46. The van der Waals surface area contributed by atoms with Crippen molar-refractivity contribution in [1.29, 1.82) is 0 Å². The Hall–Kier alpha value is -3.07. The van der Waals surface area contributed by atoms with Crippen molar-refractivity contribution in [3.05, 3.63) is 59.2 Å². The van der Waals surface area contributed by atoms with E-state index in [1.165, 1.54) is 31.5 Å². The number of alkyl halides is 3. The van der Waals surface area contributed by atoms with E-state index in [0.717, 1.165) is 6.07 Å². The van der Waals surface area contributed by atoms with Crippen LogP contribution in [-0.4, -0.2) is 22.3 Å². The van der Waals surface area contributed by atoms with Gasteiger partial charge in [-0.15, -0.1) is 5.10 Å². The molecule has 0 saturated heterocycles. The Kier molecular flexibility index (Phi) is 5.31. The number of anilines is 4. The second-order valence-corrected chi connectivity index (χ2v) is 5.74. The van der Waals surface area contributed by atoms with Gasteiger partial charge in [-0.25, -0.2) is 0 Å². The Morgan fingerprint density at radius 1 is 1.04 bits per heavy atom. The van der Waals surface area contributed by atoms with Gasteiger partial charge in [0.05, 0.1) is 30.2 Å². The van der Waals surface area contributed by atoms with Gasteiger partial charge in [0.25, 0.3) is 0 Å². The Bertz CT molecular complexity index is 952. The van der Waals surface area contributed by atoms with Crippen LogP contribution in [0.4, 0.5) is 36.3 Å². The Morgan fingerprint density at radius 2 is 1.81 bits per heavy atom. The predicted octanol–water partition coefficient (Wildman–Crippen LogP) is 5.04. The molecule has 0 aliphatic carbocycles. The lowest BCUT2D eigenvalue weighted by molar-refractivity contribution is -0.136. The summed E-state index contributed by atoms with van der Waals surface area (Å²) >= 11 is 5.97. The number of nitrogens with one attached hydrogen (secondary N) is 2. The molecule has 0 unspecified atom stereocenters. The van der Waals surface area contributed by atoms with Crippen LogP contribution in [0.3, 0.4) is 0 Å². The van der Waals surface area contributed by atoms with Gasteiger partial charge < -0.3 is 15.4 Å². The topological polar surface area (TPSA) is 72.0 Å². The van der Waals surface area contributed by atoms with Crippen molar-refractivity contribution in [2.75, 3.05) is 17.7 Å². The summed E-state index contributed by atoms with van der Waals surface area (Å²) in [5.41, 5.74) is -0.467. The molecule has 1 heterocycles. The maximum Gasteiger partial charge on any atom is 0.418 e. The number of ether oxygens (including phenoxy) is 1. The molecule has 0 aliphatic rings. The fraction of sp³-hybridized carbons (Fsp3) is 0.118. The van der Waals surface area contributed by atoms with Gasteiger partial charge in [-0.1, -0.05) is 23.7 Å². The molecule has 0 fully saturated rings. The van der Waals surface area contributed by atoms with E-state index in [1.54, 1.807) is 18.2 Å². The summed E-state index contributed by atoms with van der Waals surface area (Å²) in [4.78, 5) is 4.13. The summed E-state index contributed by atoms with van der Waals surface area (Å²) in [5, 5.41) is 13.5. The fourth-order valence-corrected chi connectivity index (χ4v) is 2.46. The molecule has 6 nitrogen and oxygen atoms in total. The van der Waals surface area contributed by atoms with Crippen LogP contribution in [0, 0.1) is 0 Å². The number of methoxy groups -OCH3 is 1. The highest BCUT2D eigenvalue weighted by Crippen LogP contribution is 2.35. The molecule has 140 valence electrons. The number of para-hydroxylation sites is 1. The summed E-state index contributed by atoms with van der Waals surface area (Å²) in [6, 6.07) is 9.98. The average molecular weight is 396 g/mol. The highest BCUT2D eigenvalue weighted by molar-refractivity contribution is 6.31. The minimum Gasteiger partial charge on any atom is -0.495 e. The number of halogens is 4. The molecule has 2 aromatic carbocycles. The monoisotopic (exact) mass is 395 g/mol. The van der Waals surface area contributed by atoms with Gasteiger partial charge in [-0.05, 0) is 30.3 Å². The molecule has 0 spiro atoms. The van der Waals surface area contributed by atoms with Crippen molar-refractivity contribution in [3.63, 3.8) is 0 Å². The molecular weight excluding hydrogens is 383 g/mol. The maximum absolute atomic E-state index is 13.1. The third kappa shape index (κ3) is 4.56. The predicted molar refractivity (Wildman–Crippen MR) is 95.8 cm³/mol. The van der Waals surface area contributed by atoms with Gasteiger partial charge in [0, 0.05) is 5.02 Å². The van der Waals surface area contributed by atoms with Crippen molar-refractivity contribution in [2.45, 2.75) is 6.18 Å². The van der Waals surface area contributed by atoms with Crippen LogP contribution in [-0.2, 0) is 6.18 Å². The largest absolute Gasteiger partial charge is 0.495 e. The number of benzene rings is 2. The smallest absolute Gasteiger partial charge is 0.418 e.